The molecule has 2 rings (SSSR count). The molecule has 1 fully saturated rings. The van der Waals surface area contributed by atoms with Gasteiger partial charge < -0.3 is 5.32 Å². The zero-order valence-electron chi connectivity index (χ0n) is 12.2. The van der Waals surface area contributed by atoms with E-state index in [1.807, 2.05) is 13.8 Å². The lowest BCUT2D eigenvalue weighted by Crippen LogP contribution is -2.44. The maximum atomic E-state index is 12.3. The van der Waals surface area contributed by atoms with Crippen LogP contribution in [0, 0.1) is 11.8 Å². The Hall–Kier alpha value is -1.06. The van der Waals surface area contributed by atoms with Crippen molar-refractivity contribution in [2.45, 2.75) is 39.2 Å². The van der Waals surface area contributed by atoms with Gasteiger partial charge in [0, 0.05) is 28.3 Å². The van der Waals surface area contributed by atoms with E-state index in [2.05, 4.69) is 5.32 Å². The zero-order chi connectivity index (χ0) is 15.6. The lowest BCUT2D eigenvalue weighted by atomic mass is 9.95. The molecule has 3 nitrogen and oxygen atoms in total. The Labute approximate surface area is 135 Å². The summed E-state index contributed by atoms with van der Waals surface area (Å²) in [7, 11) is 0. The van der Waals surface area contributed by atoms with Crippen molar-refractivity contribution >= 4 is 34.9 Å². The van der Waals surface area contributed by atoms with Crippen LogP contribution in [0.3, 0.4) is 0 Å². The first-order valence-electron chi connectivity index (χ1n) is 7.16. The molecule has 0 heterocycles. The van der Waals surface area contributed by atoms with E-state index in [1.165, 1.54) is 0 Å². The van der Waals surface area contributed by atoms with Gasteiger partial charge in [0.25, 0.3) is 0 Å². The van der Waals surface area contributed by atoms with Crippen molar-refractivity contribution in [2.75, 3.05) is 0 Å². The minimum absolute atomic E-state index is 0.0232. The Morgan fingerprint density at radius 1 is 1.29 bits per heavy atom. The lowest BCUT2D eigenvalue weighted by Gasteiger charge is -2.20. The number of carbonyl (C=O) groups excluding carboxylic acids is 2. The number of rotatable bonds is 6. The molecule has 1 N–H and O–H groups in total. The topological polar surface area (TPSA) is 46.2 Å². The molecular formula is C16H19Cl2NO2. The quantitative estimate of drug-likeness (QED) is 0.866. The predicted molar refractivity (Wildman–Crippen MR) is 84.7 cm³/mol. The van der Waals surface area contributed by atoms with E-state index >= 15 is 0 Å². The normalized spacial score (nSPS) is 15.9. The summed E-state index contributed by atoms with van der Waals surface area (Å²) in [6.07, 6.45) is 2.22. The van der Waals surface area contributed by atoms with Crippen molar-refractivity contribution in [3.8, 4) is 0 Å². The Morgan fingerprint density at radius 2 is 1.95 bits per heavy atom. The van der Waals surface area contributed by atoms with Gasteiger partial charge in [-0.05, 0) is 30.5 Å². The van der Waals surface area contributed by atoms with Crippen molar-refractivity contribution in [3.05, 3.63) is 33.8 Å². The third kappa shape index (κ3) is 4.45. The number of nitrogens with one attached hydrogen (secondary N) is 1. The molecule has 0 radical (unpaired) electrons. The molecule has 1 amide bonds. The maximum Gasteiger partial charge on any atom is 0.223 e. The van der Waals surface area contributed by atoms with E-state index in [9.17, 15) is 9.59 Å². The summed E-state index contributed by atoms with van der Waals surface area (Å²) in [5.74, 6) is -0.0668. The van der Waals surface area contributed by atoms with E-state index < -0.39 is 6.04 Å². The van der Waals surface area contributed by atoms with Crippen LogP contribution in [0.4, 0.5) is 0 Å². The molecule has 0 unspecified atom stereocenters. The molecule has 0 spiro atoms. The van der Waals surface area contributed by atoms with Gasteiger partial charge in [0.2, 0.25) is 5.91 Å². The highest BCUT2D eigenvalue weighted by Crippen LogP contribution is 2.29. The van der Waals surface area contributed by atoms with Crippen LogP contribution in [0.5, 0.6) is 0 Å². The van der Waals surface area contributed by atoms with Crippen LogP contribution in [-0.4, -0.2) is 17.7 Å². The Bertz CT molecular complexity index is 553. The van der Waals surface area contributed by atoms with Gasteiger partial charge in [-0.1, -0.05) is 43.1 Å². The van der Waals surface area contributed by atoms with E-state index in [4.69, 9.17) is 23.2 Å². The van der Waals surface area contributed by atoms with Crippen LogP contribution < -0.4 is 5.32 Å². The molecule has 0 saturated heterocycles. The van der Waals surface area contributed by atoms with Crippen molar-refractivity contribution in [3.63, 3.8) is 0 Å². The van der Waals surface area contributed by atoms with Gasteiger partial charge in [-0.2, -0.15) is 0 Å². The van der Waals surface area contributed by atoms with Crippen LogP contribution in [0.1, 0.15) is 32.3 Å². The SMILES string of the molecule is CC(C)C(=O)[C@@H](Cc1ccc(Cl)cc1Cl)NC(=O)C1CC1. The molecule has 0 aromatic heterocycles. The summed E-state index contributed by atoms with van der Waals surface area (Å²) < 4.78 is 0. The molecule has 21 heavy (non-hydrogen) atoms. The summed E-state index contributed by atoms with van der Waals surface area (Å²) in [6.45, 7) is 3.67. The number of amides is 1. The summed E-state index contributed by atoms with van der Waals surface area (Å²) in [5.41, 5.74) is 0.816. The van der Waals surface area contributed by atoms with Crippen LogP contribution in [0.25, 0.3) is 0 Å². The smallest absolute Gasteiger partial charge is 0.223 e. The molecular weight excluding hydrogens is 309 g/mol. The first kappa shape index (κ1) is 16.3. The predicted octanol–water partition coefficient (Wildman–Crippen LogP) is 3.66. The molecule has 1 aliphatic rings. The zero-order valence-corrected chi connectivity index (χ0v) is 13.7. The summed E-state index contributed by atoms with van der Waals surface area (Å²) >= 11 is 12.0. The van der Waals surface area contributed by atoms with E-state index in [1.54, 1.807) is 18.2 Å². The van der Waals surface area contributed by atoms with Crippen molar-refractivity contribution < 1.29 is 9.59 Å². The molecule has 1 aliphatic carbocycles. The second-order valence-corrected chi connectivity index (χ2v) is 6.68. The van der Waals surface area contributed by atoms with Crippen molar-refractivity contribution in [1.82, 2.24) is 5.32 Å². The number of ketones is 1. The summed E-state index contributed by atoms with van der Waals surface area (Å²) in [5, 5.41) is 3.94. The van der Waals surface area contributed by atoms with Gasteiger partial charge in [0.15, 0.2) is 5.78 Å². The fourth-order valence-corrected chi connectivity index (χ4v) is 2.65. The van der Waals surface area contributed by atoms with Gasteiger partial charge >= 0.3 is 0 Å². The molecule has 1 aromatic rings. The highest BCUT2D eigenvalue weighted by Gasteiger charge is 2.33. The lowest BCUT2D eigenvalue weighted by molar-refractivity contribution is -0.130. The molecule has 1 saturated carbocycles. The molecule has 1 aromatic carbocycles. The van der Waals surface area contributed by atoms with E-state index in [0.29, 0.717) is 16.5 Å². The number of carbonyl (C=O) groups is 2. The largest absolute Gasteiger partial charge is 0.346 e. The first-order chi connectivity index (χ1) is 9.88. The summed E-state index contributed by atoms with van der Waals surface area (Å²) in [4.78, 5) is 24.3. The summed E-state index contributed by atoms with van der Waals surface area (Å²) in [6, 6.07) is 4.66. The van der Waals surface area contributed by atoms with E-state index in [0.717, 1.165) is 18.4 Å². The second-order valence-electron chi connectivity index (χ2n) is 5.83. The highest BCUT2D eigenvalue weighted by molar-refractivity contribution is 6.35. The Balaban J connectivity index is 2.14. The highest BCUT2D eigenvalue weighted by atomic mass is 35.5. The molecule has 0 aliphatic heterocycles. The minimum atomic E-state index is -0.531. The van der Waals surface area contributed by atoms with Gasteiger partial charge in [-0.25, -0.2) is 0 Å². The third-order valence-electron chi connectivity index (χ3n) is 3.62. The number of hydrogen-bond donors (Lipinski definition) is 1. The number of Topliss-reactive ketones (excluding diaryl/α,β-unsaturated/α-hetero) is 1. The fourth-order valence-electron chi connectivity index (χ4n) is 2.17. The molecule has 5 heteroatoms. The van der Waals surface area contributed by atoms with Crippen LogP contribution in [-0.2, 0) is 16.0 Å². The van der Waals surface area contributed by atoms with E-state index in [-0.39, 0.29) is 23.5 Å². The maximum absolute atomic E-state index is 12.3. The Morgan fingerprint density at radius 3 is 2.48 bits per heavy atom. The Kier molecular flexibility index (Phi) is 5.28. The fraction of sp³-hybridized carbons (Fsp3) is 0.500. The average Bonchev–Trinajstić information content (AvgIpc) is 3.24. The van der Waals surface area contributed by atoms with Crippen molar-refractivity contribution in [2.24, 2.45) is 11.8 Å². The molecule has 114 valence electrons. The third-order valence-corrected chi connectivity index (χ3v) is 4.20. The van der Waals surface area contributed by atoms with Crippen molar-refractivity contribution in [1.29, 1.82) is 0 Å². The minimum Gasteiger partial charge on any atom is -0.346 e. The molecule has 0 bridgehead atoms. The average molecular weight is 328 g/mol. The number of hydrogen-bond acceptors (Lipinski definition) is 2. The number of halogens is 2. The van der Waals surface area contributed by atoms with Gasteiger partial charge in [-0.15, -0.1) is 0 Å². The van der Waals surface area contributed by atoms with Crippen LogP contribution in [0.2, 0.25) is 10.0 Å². The second kappa shape index (κ2) is 6.80. The van der Waals surface area contributed by atoms with Gasteiger partial charge in [0.05, 0.1) is 6.04 Å². The monoisotopic (exact) mass is 327 g/mol. The first-order valence-corrected chi connectivity index (χ1v) is 7.92. The number of benzene rings is 1. The van der Waals surface area contributed by atoms with Gasteiger partial charge in [-0.3, -0.25) is 9.59 Å². The molecule has 1 atom stereocenters. The standard InChI is InChI=1S/C16H19Cl2NO2/c1-9(2)15(20)14(19-16(21)10-3-4-10)7-11-5-6-12(17)8-13(11)18/h5-6,8-10,14H,3-4,7H2,1-2H3,(H,19,21)/t14-/m1/s1. The van der Waals surface area contributed by atoms with Gasteiger partial charge in [0.1, 0.15) is 0 Å². The van der Waals surface area contributed by atoms with Crippen LogP contribution in [0.15, 0.2) is 18.2 Å². The van der Waals surface area contributed by atoms with Crippen LogP contribution >= 0.6 is 23.2 Å².